The number of carbonyl (C=O) groups excluding carboxylic acids is 1. The van der Waals surface area contributed by atoms with Crippen LogP contribution in [0.2, 0.25) is 0 Å². The lowest BCUT2D eigenvalue weighted by molar-refractivity contribution is -0.124. The van der Waals surface area contributed by atoms with Gasteiger partial charge < -0.3 is 20.2 Å². The van der Waals surface area contributed by atoms with E-state index in [1.165, 1.54) is 19.3 Å². The van der Waals surface area contributed by atoms with Crippen LogP contribution < -0.4 is 25.6 Å². The number of ether oxygens (including phenoxy) is 2. The summed E-state index contributed by atoms with van der Waals surface area (Å²) in [5, 5.41) is 3.06. The summed E-state index contributed by atoms with van der Waals surface area (Å²) >= 11 is 0. The zero-order valence-electron chi connectivity index (χ0n) is 16.4. The van der Waals surface area contributed by atoms with Crippen molar-refractivity contribution < 1.29 is 14.3 Å². The molecular formula is C22H29N3O3. The van der Waals surface area contributed by atoms with E-state index in [0.717, 1.165) is 24.1 Å². The number of amides is 1. The molecule has 1 aliphatic carbocycles. The van der Waals surface area contributed by atoms with Crippen LogP contribution in [0, 0.1) is 0 Å². The molecule has 0 atom stereocenters. The molecule has 1 fully saturated rings. The fourth-order valence-corrected chi connectivity index (χ4v) is 3.37. The third-order valence-corrected chi connectivity index (χ3v) is 4.86. The van der Waals surface area contributed by atoms with Crippen LogP contribution in [-0.4, -0.2) is 25.7 Å². The van der Waals surface area contributed by atoms with Crippen molar-refractivity contribution in [3.63, 3.8) is 0 Å². The summed E-state index contributed by atoms with van der Waals surface area (Å²) < 4.78 is 11.1. The summed E-state index contributed by atoms with van der Waals surface area (Å²) in [6, 6.07) is 15.9. The first-order valence-electron chi connectivity index (χ1n) is 9.87. The number of hydrogen-bond acceptors (Lipinski definition) is 5. The van der Waals surface area contributed by atoms with E-state index in [1.807, 2.05) is 48.5 Å². The molecule has 0 unspecified atom stereocenters. The fourth-order valence-electron chi connectivity index (χ4n) is 3.37. The smallest absolute Gasteiger partial charge is 0.258 e. The predicted molar refractivity (Wildman–Crippen MR) is 110 cm³/mol. The third-order valence-electron chi connectivity index (χ3n) is 4.86. The Morgan fingerprint density at radius 1 is 1.04 bits per heavy atom. The average molecular weight is 383 g/mol. The molecule has 0 bridgehead atoms. The Bertz CT molecular complexity index is 746. The molecular weight excluding hydrogens is 354 g/mol. The van der Waals surface area contributed by atoms with Crippen LogP contribution in [0.25, 0.3) is 0 Å². The number of methoxy groups -OCH3 is 1. The summed E-state index contributed by atoms with van der Waals surface area (Å²) in [6.07, 6.45) is 5.77. The summed E-state index contributed by atoms with van der Waals surface area (Å²) in [6.45, 7) is 0.619. The maximum atomic E-state index is 12.1. The topological polar surface area (TPSA) is 71.6 Å². The van der Waals surface area contributed by atoms with Crippen molar-refractivity contribution >= 4 is 11.6 Å². The van der Waals surface area contributed by atoms with E-state index in [0.29, 0.717) is 18.0 Å². The van der Waals surface area contributed by atoms with Crippen molar-refractivity contribution in [3.05, 3.63) is 54.1 Å². The Morgan fingerprint density at radius 2 is 1.82 bits per heavy atom. The lowest BCUT2D eigenvalue weighted by atomic mass is 9.95. The molecule has 0 spiro atoms. The quantitative estimate of drug-likeness (QED) is 0.577. The number of anilines is 1. The lowest BCUT2D eigenvalue weighted by Crippen LogP contribution is -2.39. The molecule has 1 saturated carbocycles. The van der Waals surface area contributed by atoms with Gasteiger partial charge in [0.15, 0.2) is 18.1 Å². The van der Waals surface area contributed by atoms with Crippen LogP contribution in [0.15, 0.2) is 48.5 Å². The van der Waals surface area contributed by atoms with Crippen molar-refractivity contribution in [1.29, 1.82) is 0 Å². The van der Waals surface area contributed by atoms with Crippen LogP contribution in [0.4, 0.5) is 5.69 Å². The van der Waals surface area contributed by atoms with E-state index in [9.17, 15) is 4.79 Å². The molecule has 2 aromatic carbocycles. The third kappa shape index (κ3) is 6.16. The Labute approximate surface area is 166 Å². The van der Waals surface area contributed by atoms with Gasteiger partial charge in [-0.3, -0.25) is 4.79 Å². The van der Waals surface area contributed by atoms with Gasteiger partial charge >= 0.3 is 0 Å². The van der Waals surface area contributed by atoms with Gasteiger partial charge in [0.1, 0.15) is 0 Å². The van der Waals surface area contributed by atoms with Gasteiger partial charge in [-0.15, -0.1) is 0 Å². The fraction of sp³-hybridized carbons (Fsp3) is 0.409. The zero-order chi connectivity index (χ0) is 19.6. The lowest BCUT2D eigenvalue weighted by Gasteiger charge is -2.22. The number of rotatable bonds is 9. The molecule has 1 amide bonds. The first-order valence-corrected chi connectivity index (χ1v) is 9.87. The van der Waals surface area contributed by atoms with Crippen LogP contribution >= 0.6 is 0 Å². The minimum Gasteiger partial charge on any atom is -0.493 e. The van der Waals surface area contributed by atoms with Crippen molar-refractivity contribution in [3.8, 4) is 11.5 Å². The highest BCUT2D eigenvalue weighted by Gasteiger charge is 2.16. The van der Waals surface area contributed by atoms with Gasteiger partial charge in [0, 0.05) is 18.3 Å². The van der Waals surface area contributed by atoms with Crippen molar-refractivity contribution in [2.45, 2.75) is 44.7 Å². The molecule has 0 aromatic heterocycles. The highest BCUT2D eigenvalue weighted by molar-refractivity contribution is 5.78. The van der Waals surface area contributed by atoms with Gasteiger partial charge in [-0.2, -0.15) is 0 Å². The summed E-state index contributed by atoms with van der Waals surface area (Å²) in [5.41, 5.74) is 8.36. The minimum absolute atomic E-state index is 0.0000192. The Kier molecular flexibility index (Phi) is 7.55. The molecule has 1 aliphatic rings. The van der Waals surface area contributed by atoms with Gasteiger partial charge in [0.2, 0.25) is 0 Å². The van der Waals surface area contributed by atoms with Crippen LogP contribution in [0.3, 0.4) is 0 Å². The average Bonchev–Trinajstić information content (AvgIpc) is 2.74. The summed E-state index contributed by atoms with van der Waals surface area (Å²) in [5.74, 6) is 1.11. The van der Waals surface area contributed by atoms with Crippen molar-refractivity contribution in [2.75, 3.05) is 19.1 Å². The Hall–Kier alpha value is -2.73. The molecule has 28 heavy (non-hydrogen) atoms. The minimum atomic E-state index is -0.0771. The molecule has 6 nitrogen and oxygen atoms in total. The number of carbonyl (C=O) groups is 1. The van der Waals surface area contributed by atoms with Gasteiger partial charge in [-0.25, -0.2) is 5.43 Å². The van der Waals surface area contributed by atoms with E-state index >= 15 is 0 Å². The first kappa shape index (κ1) is 20.0. The van der Waals surface area contributed by atoms with Crippen LogP contribution in [0.5, 0.6) is 11.5 Å². The van der Waals surface area contributed by atoms with Crippen molar-refractivity contribution in [1.82, 2.24) is 10.7 Å². The number of hydrazine groups is 1. The molecule has 3 N–H and O–H groups in total. The number of hydrogen-bond donors (Lipinski definition) is 3. The maximum absolute atomic E-state index is 12.1. The van der Waals surface area contributed by atoms with Gasteiger partial charge in [-0.05, 0) is 42.7 Å². The first-order chi connectivity index (χ1) is 13.7. The Morgan fingerprint density at radius 3 is 2.57 bits per heavy atom. The van der Waals surface area contributed by atoms with Crippen LogP contribution in [0.1, 0.15) is 37.7 Å². The zero-order valence-corrected chi connectivity index (χ0v) is 16.4. The normalized spacial score (nSPS) is 14.3. The predicted octanol–water partition coefficient (Wildman–Crippen LogP) is 3.64. The second-order valence-electron chi connectivity index (χ2n) is 7.02. The second kappa shape index (κ2) is 10.6. The van der Waals surface area contributed by atoms with Crippen molar-refractivity contribution in [2.24, 2.45) is 0 Å². The number of benzene rings is 2. The van der Waals surface area contributed by atoms with E-state index < -0.39 is 0 Å². The molecule has 0 radical (unpaired) electrons. The molecule has 3 rings (SSSR count). The Balaban J connectivity index is 1.47. The van der Waals surface area contributed by atoms with E-state index in [4.69, 9.17) is 9.47 Å². The van der Waals surface area contributed by atoms with Gasteiger partial charge in [-0.1, -0.05) is 43.5 Å². The SMILES string of the molecule is COc1cc(CNNc2ccccc2)ccc1OCC(=O)NC1CCCCC1. The highest BCUT2D eigenvalue weighted by Crippen LogP contribution is 2.28. The molecule has 0 aliphatic heterocycles. The van der Waals surface area contributed by atoms with E-state index in [1.54, 1.807) is 7.11 Å². The molecule has 0 heterocycles. The molecule has 6 heteroatoms. The van der Waals surface area contributed by atoms with Gasteiger partial charge in [0.05, 0.1) is 7.11 Å². The standard InChI is InChI=1S/C22H29N3O3/c1-27-21-14-17(15-23-25-19-10-6-3-7-11-19)12-13-20(21)28-16-22(26)24-18-8-4-2-5-9-18/h3,6-7,10-14,18,23,25H,2,4-5,8-9,15-16H2,1H3,(H,24,26). The van der Waals surface area contributed by atoms with Crippen LogP contribution in [-0.2, 0) is 11.3 Å². The second-order valence-corrected chi connectivity index (χ2v) is 7.02. The molecule has 2 aromatic rings. The van der Waals surface area contributed by atoms with E-state index in [2.05, 4.69) is 16.2 Å². The highest BCUT2D eigenvalue weighted by atomic mass is 16.5. The number of para-hydroxylation sites is 1. The maximum Gasteiger partial charge on any atom is 0.258 e. The summed E-state index contributed by atoms with van der Waals surface area (Å²) in [7, 11) is 1.60. The largest absolute Gasteiger partial charge is 0.493 e. The summed E-state index contributed by atoms with van der Waals surface area (Å²) in [4.78, 5) is 12.1. The number of nitrogens with one attached hydrogen (secondary N) is 3. The van der Waals surface area contributed by atoms with Gasteiger partial charge in [0.25, 0.3) is 5.91 Å². The molecule has 150 valence electrons. The molecule has 0 saturated heterocycles. The monoisotopic (exact) mass is 383 g/mol. The van der Waals surface area contributed by atoms with E-state index in [-0.39, 0.29) is 18.6 Å².